The molecule has 0 saturated heterocycles. The van der Waals surface area contributed by atoms with E-state index in [1.807, 2.05) is 48.5 Å². The number of methoxy groups -OCH3 is 2. The van der Waals surface area contributed by atoms with Gasteiger partial charge in [0.1, 0.15) is 17.1 Å². The quantitative estimate of drug-likeness (QED) is 0.496. The van der Waals surface area contributed by atoms with Gasteiger partial charge in [0, 0.05) is 0 Å². The Morgan fingerprint density at radius 1 is 0.769 bits per heavy atom. The molecular weight excluding hydrogens is 338 g/mol. The van der Waals surface area contributed by atoms with E-state index in [1.54, 1.807) is 26.4 Å². The van der Waals surface area contributed by atoms with Crippen molar-refractivity contribution in [2.75, 3.05) is 14.2 Å². The zero-order chi connectivity index (χ0) is 17.6. The molecular formula is C21H20LiO3P. The molecule has 0 aliphatic carbocycles. The van der Waals surface area contributed by atoms with E-state index >= 15 is 0 Å². The topological polar surface area (TPSA) is 35.5 Å². The predicted octanol–water partition coefficient (Wildman–Crippen LogP) is 3.87. The van der Waals surface area contributed by atoms with E-state index in [0.717, 1.165) is 16.4 Å². The molecule has 0 aliphatic heterocycles. The normalized spacial score (nSPS) is 10.4. The Labute approximate surface area is 167 Å². The van der Waals surface area contributed by atoms with E-state index in [2.05, 4.69) is 12.1 Å². The monoisotopic (exact) mass is 358 g/mol. The number of benzene rings is 3. The summed E-state index contributed by atoms with van der Waals surface area (Å²) in [5.74, 6) is 1.07. The molecule has 0 radical (unpaired) electrons. The zero-order valence-electron chi connectivity index (χ0n) is 14.2. The maximum atomic E-state index is 13.0. The van der Waals surface area contributed by atoms with Crippen molar-refractivity contribution in [1.82, 2.24) is 0 Å². The Hall–Kier alpha value is -2.04. The van der Waals surface area contributed by atoms with E-state index in [-0.39, 0.29) is 33.0 Å². The third kappa shape index (κ3) is 4.37. The SMILES string of the molecule is COc1cccc(OC)c1C(=O)Pc1ccccc1-c1ccccc1.[LiH]. The Balaban J connectivity index is 0.00000243. The number of carbonyl (C=O) groups excluding carboxylic acids is 1. The van der Waals surface area contributed by atoms with Crippen LogP contribution in [0.1, 0.15) is 10.4 Å². The molecule has 0 aliphatic rings. The molecule has 128 valence electrons. The fourth-order valence-electron chi connectivity index (χ4n) is 2.72. The summed E-state index contributed by atoms with van der Waals surface area (Å²) in [5.41, 5.74) is 2.67. The van der Waals surface area contributed by atoms with Crippen molar-refractivity contribution in [2.45, 2.75) is 0 Å². The summed E-state index contributed by atoms with van der Waals surface area (Å²) in [4.78, 5) is 13.0. The summed E-state index contributed by atoms with van der Waals surface area (Å²) in [6.45, 7) is 0. The average molecular weight is 358 g/mol. The van der Waals surface area contributed by atoms with E-state index in [4.69, 9.17) is 9.47 Å². The molecule has 0 bridgehead atoms. The number of ether oxygens (including phenoxy) is 2. The number of hydrogen-bond acceptors (Lipinski definition) is 3. The molecule has 3 aromatic rings. The first kappa shape index (κ1) is 20.3. The van der Waals surface area contributed by atoms with E-state index < -0.39 is 0 Å². The van der Waals surface area contributed by atoms with Crippen molar-refractivity contribution in [2.24, 2.45) is 0 Å². The second-order valence-electron chi connectivity index (χ2n) is 5.40. The van der Waals surface area contributed by atoms with Crippen LogP contribution in [0, 0.1) is 0 Å². The van der Waals surface area contributed by atoms with Crippen molar-refractivity contribution in [3.8, 4) is 22.6 Å². The summed E-state index contributed by atoms with van der Waals surface area (Å²) in [6.07, 6.45) is 0. The van der Waals surface area contributed by atoms with Crippen LogP contribution < -0.4 is 14.8 Å². The molecule has 3 rings (SSSR count). The van der Waals surface area contributed by atoms with Gasteiger partial charge in [-0.05, 0) is 37.1 Å². The molecule has 3 aromatic carbocycles. The first-order valence-electron chi connectivity index (χ1n) is 7.91. The summed E-state index contributed by atoms with van der Waals surface area (Å²) in [7, 11) is 3.10. The van der Waals surface area contributed by atoms with Crippen molar-refractivity contribution in [3.63, 3.8) is 0 Å². The van der Waals surface area contributed by atoms with Gasteiger partial charge < -0.3 is 9.47 Å². The molecule has 1 atom stereocenters. The molecule has 5 heteroatoms. The van der Waals surface area contributed by atoms with Crippen molar-refractivity contribution < 1.29 is 14.3 Å². The van der Waals surface area contributed by atoms with Crippen LogP contribution in [0.5, 0.6) is 11.5 Å². The number of hydrogen-bond donors (Lipinski definition) is 0. The minimum atomic E-state index is -0.0200. The van der Waals surface area contributed by atoms with Gasteiger partial charge in [0.15, 0.2) is 5.52 Å². The van der Waals surface area contributed by atoms with Gasteiger partial charge in [-0.25, -0.2) is 0 Å². The van der Waals surface area contributed by atoms with Crippen LogP contribution in [-0.2, 0) is 0 Å². The Bertz CT molecular complexity index is 859. The van der Waals surface area contributed by atoms with E-state index in [0.29, 0.717) is 17.1 Å². The van der Waals surface area contributed by atoms with E-state index in [9.17, 15) is 4.79 Å². The van der Waals surface area contributed by atoms with Gasteiger partial charge in [-0.1, -0.05) is 60.7 Å². The van der Waals surface area contributed by atoms with E-state index in [1.165, 1.54) is 0 Å². The van der Waals surface area contributed by atoms with Crippen LogP contribution in [-0.4, -0.2) is 38.6 Å². The van der Waals surface area contributed by atoms with Gasteiger partial charge in [0.25, 0.3) is 0 Å². The van der Waals surface area contributed by atoms with Crippen LogP contribution >= 0.6 is 8.58 Å². The van der Waals surface area contributed by atoms with Gasteiger partial charge >= 0.3 is 18.9 Å². The molecule has 3 nitrogen and oxygen atoms in total. The van der Waals surface area contributed by atoms with Gasteiger partial charge in [-0.15, -0.1) is 0 Å². The first-order valence-corrected chi connectivity index (χ1v) is 8.91. The number of rotatable bonds is 6. The Kier molecular flexibility index (Phi) is 7.48. The summed E-state index contributed by atoms with van der Waals surface area (Å²) in [5, 5.41) is 1.01. The minimum absolute atomic E-state index is 0. The molecule has 0 N–H and O–H groups in total. The summed E-state index contributed by atoms with van der Waals surface area (Å²) >= 11 is 0. The number of carbonyl (C=O) groups is 1. The van der Waals surface area contributed by atoms with Crippen LogP contribution in [0.2, 0.25) is 0 Å². The van der Waals surface area contributed by atoms with Gasteiger partial charge in [-0.2, -0.15) is 0 Å². The van der Waals surface area contributed by atoms with Crippen LogP contribution in [0.15, 0.2) is 72.8 Å². The molecule has 1 unspecified atom stereocenters. The maximum absolute atomic E-state index is 13.0. The fraction of sp³-hybridized carbons (Fsp3) is 0.0952. The van der Waals surface area contributed by atoms with Crippen LogP contribution in [0.25, 0.3) is 11.1 Å². The van der Waals surface area contributed by atoms with Crippen LogP contribution in [0.3, 0.4) is 0 Å². The Morgan fingerprint density at radius 2 is 1.35 bits per heavy atom. The Morgan fingerprint density at radius 3 is 1.96 bits per heavy atom. The zero-order valence-corrected chi connectivity index (χ0v) is 15.2. The van der Waals surface area contributed by atoms with Crippen molar-refractivity contribution in [3.05, 3.63) is 78.4 Å². The standard InChI is InChI=1S/C21H19O3P.Li.H/c1-23-17-12-8-13-18(24-2)20(17)21(22)25-19-14-7-6-11-16(19)15-9-4-3-5-10-15;;/h3-14,25H,1-2H3;;. The van der Waals surface area contributed by atoms with Crippen molar-refractivity contribution >= 4 is 38.3 Å². The molecule has 26 heavy (non-hydrogen) atoms. The third-order valence-electron chi connectivity index (χ3n) is 3.91. The van der Waals surface area contributed by atoms with Gasteiger partial charge in [-0.3, -0.25) is 4.79 Å². The molecule has 0 spiro atoms. The molecule has 0 saturated carbocycles. The van der Waals surface area contributed by atoms with Gasteiger partial charge in [0.2, 0.25) is 0 Å². The summed E-state index contributed by atoms with van der Waals surface area (Å²) < 4.78 is 10.7. The third-order valence-corrected chi connectivity index (χ3v) is 5.10. The molecule has 0 amide bonds. The average Bonchev–Trinajstić information content (AvgIpc) is 2.68. The predicted molar refractivity (Wildman–Crippen MR) is 111 cm³/mol. The second-order valence-corrected chi connectivity index (χ2v) is 6.65. The van der Waals surface area contributed by atoms with Gasteiger partial charge in [0.05, 0.1) is 14.2 Å². The molecule has 0 aromatic heterocycles. The van der Waals surface area contributed by atoms with Crippen molar-refractivity contribution in [1.29, 1.82) is 0 Å². The second kappa shape index (κ2) is 9.60. The first-order chi connectivity index (χ1) is 12.2. The summed E-state index contributed by atoms with van der Waals surface area (Å²) in [6, 6.07) is 23.5. The molecule has 0 heterocycles. The molecule has 0 fully saturated rings. The van der Waals surface area contributed by atoms with Crippen LogP contribution in [0.4, 0.5) is 0 Å². The fourth-order valence-corrected chi connectivity index (χ4v) is 3.88.